The first kappa shape index (κ1) is 19.5. The van der Waals surface area contributed by atoms with E-state index in [4.69, 9.17) is 11.6 Å². The predicted molar refractivity (Wildman–Crippen MR) is 111 cm³/mol. The molecule has 1 amide bonds. The summed E-state index contributed by atoms with van der Waals surface area (Å²) in [5.41, 5.74) is 4.20. The molecular formula is C21H23ClN3OS+. The number of carbonyl (C=O) groups is 1. The molecule has 0 aliphatic rings. The van der Waals surface area contributed by atoms with Gasteiger partial charge in [-0.05, 0) is 31.2 Å². The molecule has 1 heterocycles. The Balaban J connectivity index is 1.51. The summed E-state index contributed by atoms with van der Waals surface area (Å²) in [6.45, 7) is 3.71. The van der Waals surface area contributed by atoms with Crippen molar-refractivity contribution in [1.29, 1.82) is 0 Å². The Morgan fingerprint density at radius 1 is 1.19 bits per heavy atom. The second-order valence-corrected chi connectivity index (χ2v) is 8.14. The molecule has 1 unspecified atom stereocenters. The van der Waals surface area contributed by atoms with Crippen molar-refractivity contribution < 1.29 is 9.69 Å². The highest BCUT2D eigenvalue weighted by Crippen LogP contribution is 2.13. The smallest absolute Gasteiger partial charge is 0.231 e. The number of carbonyl (C=O) groups excluding carboxylic acids is 1. The van der Waals surface area contributed by atoms with Crippen molar-refractivity contribution >= 4 is 34.5 Å². The number of nitrogens with one attached hydrogen (secondary N) is 2. The zero-order valence-electron chi connectivity index (χ0n) is 15.5. The zero-order chi connectivity index (χ0) is 19.2. The molecule has 1 aromatic heterocycles. The van der Waals surface area contributed by atoms with E-state index in [1.54, 1.807) is 0 Å². The first-order valence-corrected chi connectivity index (χ1v) is 10.1. The minimum Gasteiger partial charge on any atom is -0.329 e. The molecule has 3 rings (SSSR count). The summed E-state index contributed by atoms with van der Waals surface area (Å²) in [7, 11) is 2.13. The molecule has 2 aromatic carbocycles. The van der Waals surface area contributed by atoms with Gasteiger partial charge >= 0.3 is 0 Å². The van der Waals surface area contributed by atoms with E-state index < -0.39 is 0 Å². The molecule has 27 heavy (non-hydrogen) atoms. The number of quaternary nitrogens is 1. The fourth-order valence-corrected chi connectivity index (χ4v) is 3.86. The van der Waals surface area contributed by atoms with Crippen molar-refractivity contribution in [2.45, 2.75) is 26.4 Å². The molecular weight excluding hydrogens is 378 g/mol. The summed E-state index contributed by atoms with van der Waals surface area (Å²) in [5.74, 6) is -0.0422. The van der Waals surface area contributed by atoms with Gasteiger partial charge in [0.05, 0.1) is 13.5 Å². The number of benzene rings is 2. The van der Waals surface area contributed by atoms with Crippen LogP contribution in [0.15, 0.2) is 53.9 Å². The zero-order valence-corrected chi connectivity index (χ0v) is 17.0. The normalized spacial score (nSPS) is 12.0. The Kier molecular flexibility index (Phi) is 6.61. The van der Waals surface area contributed by atoms with E-state index in [9.17, 15) is 4.79 Å². The third-order valence-corrected chi connectivity index (χ3v) is 5.26. The number of halogens is 1. The van der Waals surface area contributed by atoms with Crippen LogP contribution in [0.1, 0.15) is 21.8 Å². The van der Waals surface area contributed by atoms with Gasteiger partial charge in [0.2, 0.25) is 5.91 Å². The van der Waals surface area contributed by atoms with E-state index >= 15 is 0 Å². The van der Waals surface area contributed by atoms with Gasteiger partial charge in [-0.1, -0.05) is 41.4 Å². The Morgan fingerprint density at radius 3 is 2.70 bits per heavy atom. The molecule has 0 spiro atoms. The lowest BCUT2D eigenvalue weighted by atomic mass is 10.2. The number of nitrogens with zero attached hydrogens (tertiary/aromatic N) is 1. The van der Waals surface area contributed by atoms with Crippen LogP contribution >= 0.6 is 22.9 Å². The average Bonchev–Trinajstić information content (AvgIpc) is 3.03. The molecule has 0 aliphatic carbocycles. The highest BCUT2D eigenvalue weighted by Gasteiger charge is 2.12. The molecule has 4 nitrogen and oxygen atoms in total. The van der Waals surface area contributed by atoms with Gasteiger partial charge in [-0.2, -0.15) is 0 Å². The molecule has 0 saturated heterocycles. The standard InChI is InChI=1S/C21H22ClN3OS/c1-15-6-8-18(9-7-15)23-20(26)11-21-24-19(14-27-21)13-25(2)12-16-4-3-5-17(22)10-16/h3-10,14H,11-13H2,1-2H3,(H,23,26)/p+1. The Morgan fingerprint density at radius 2 is 1.96 bits per heavy atom. The van der Waals surface area contributed by atoms with E-state index in [0.29, 0.717) is 6.42 Å². The lowest BCUT2D eigenvalue weighted by Crippen LogP contribution is -3.06. The van der Waals surface area contributed by atoms with Gasteiger partial charge in [0.15, 0.2) is 0 Å². The van der Waals surface area contributed by atoms with Crippen molar-refractivity contribution in [1.82, 2.24) is 4.98 Å². The van der Waals surface area contributed by atoms with E-state index in [1.165, 1.54) is 27.4 Å². The van der Waals surface area contributed by atoms with Crippen LogP contribution < -0.4 is 10.2 Å². The van der Waals surface area contributed by atoms with Gasteiger partial charge in [-0.25, -0.2) is 4.98 Å². The number of anilines is 1. The minimum absolute atomic E-state index is 0.0422. The van der Waals surface area contributed by atoms with Crippen molar-refractivity contribution in [3.05, 3.63) is 80.8 Å². The molecule has 3 aromatic rings. The topological polar surface area (TPSA) is 46.4 Å². The van der Waals surface area contributed by atoms with Gasteiger partial charge < -0.3 is 10.2 Å². The van der Waals surface area contributed by atoms with Gasteiger partial charge in [-0.3, -0.25) is 4.79 Å². The lowest BCUT2D eigenvalue weighted by molar-refractivity contribution is -0.908. The quantitative estimate of drug-likeness (QED) is 0.637. The summed E-state index contributed by atoms with van der Waals surface area (Å²) in [5, 5.41) is 6.55. The van der Waals surface area contributed by atoms with Crippen LogP contribution in [-0.4, -0.2) is 17.9 Å². The first-order valence-electron chi connectivity index (χ1n) is 8.83. The van der Waals surface area contributed by atoms with Crippen LogP contribution in [0.5, 0.6) is 0 Å². The van der Waals surface area contributed by atoms with Crippen LogP contribution in [0, 0.1) is 6.92 Å². The highest BCUT2D eigenvalue weighted by molar-refractivity contribution is 7.09. The molecule has 0 bridgehead atoms. The lowest BCUT2D eigenvalue weighted by Gasteiger charge is -2.12. The molecule has 0 radical (unpaired) electrons. The van der Waals surface area contributed by atoms with Crippen molar-refractivity contribution in [2.75, 3.05) is 12.4 Å². The van der Waals surface area contributed by atoms with Crippen LogP contribution in [0.4, 0.5) is 5.69 Å². The average molecular weight is 401 g/mol. The van der Waals surface area contributed by atoms with Crippen LogP contribution in [0.2, 0.25) is 5.02 Å². The second-order valence-electron chi connectivity index (χ2n) is 6.76. The second kappa shape index (κ2) is 9.13. The Bertz CT molecular complexity index is 908. The fraction of sp³-hybridized carbons (Fsp3) is 0.238. The molecule has 0 fully saturated rings. The number of hydrogen-bond acceptors (Lipinski definition) is 3. The third-order valence-electron chi connectivity index (χ3n) is 4.12. The highest BCUT2D eigenvalue weighted by atomic mass is 35.5. The largest absolute Gasteiger partial charge is 0.329 e. The van der Waals surface area contributed by atoms with Crippen molar-refractivity contribution in [3.8, 4) is 0 Å². The Labute approximate surface area is 168 Å². The molecule has 2 N–H and O–H groups in total. The summed E-state index contributed by atoms with van der Waals surface area (Å²) in [4.78, 5) is 18.1. The Hall–Kier alpha value is -2.21. The van der Waals surface area contributed by atoms with Crippen LogP contribution in [0.3, 0.4) is 0 Å². The maximum Gasteiger partial charge on any atom is 0.231 e. The van der Waals surface area contributed by atoms with Crippen LogP contribution in [-0.2, 0) is 24.3 Å². The van der Waals surface area contributed by atoms with Gasteiger partial charge in [0, 0.05) is 21.7 Å². The van der Waals surface area contributed by atoms with Gasteiger partial charge in [-0.15, -0.1) is 11.3 Å². The number of aromatic nitrogens is 1. The molecule has 1 atom stereocenters. The van der Waals surface area contributed by atoms with Crippen molar-refractivity contribution in [3.63, 3.8) is 0 Å². The monoisotopic (exact) mass is 400 g/mol. The maximum absolute atomic E-state index is 12.2. The maximum atomic E-state index is 12.2. The van der Waals surface area contributed by atoms with Gasteiger partial charge in [0.25, 0.3) is 0 Å². The molecule has 6 heteroatoms. The number of hydrogen-bond donors (Lipinski definition) is 2. The molecule has 0 saturated carbocycles. The summed E-state index contributed by atoms with van der Waals surface area (Å²) in [6.07, 6.45) is 0.298. The first-order chi connectivity index (χ1) is 13.0. The minimum atomic E-state index is -0.0422. The van der Waals surface area contributed by atoms with E-state index in [0.717, 1.165) is 34.5 Å². The predicted octanol–water partition coefficient (Wildman–Crippen LogP) is 3.50. The number of aryl methyl sites for hydroxylation is 1. The van der Waals surface area contributed by atoms with E-state index in [1.807, 2.05) is 54.8 Å². The van der Waals surface area contributed by atoms with E-state index in [2.05, 4.69) is 23.4 Å². The third kappa shape index (κ3) is 6.17. The van der Waals surface area contributed by atoms with Gasteiger partial charge in [0.1, 0.15) is 23.8 Å². The number of thiazole rings is 1. The summed E-state index contributed by atoms with van der Waals surface area (Å²) < 4.78 is 0. The molecule has 140 valence electrons. The fourth-order valence-electron chi connectivity index (χ4n) is 2.86. The number of rotatable bonds is 7. The SMILES string of the molecule is Cc1ccc(NC(=O)Cc2nc(C[NH+](C)Cc3cccc(Cl)c3)cs2)cc1. The van der Waals surface area contributed by atoms with Crippen LogP contribution in [0.25, 0.3) is 0 Å². The van der Waals surface area contributed by atoms with Crippen molar-refractivity contribution in [2.24, 2.45) is 0 Å². The number of amides is 1. The summed E-state index contributed by atoms with van der Waals surface area (Å²) >= 11 is 7.58. The molecule has 0 aliphatic heterocycles. The van der Waals surface area contributed by atoms with E-state index in [-0.39, 0.29) is 5.91 Å². The summed E-state index contributed by atoms with van der Waals surface area (Å²) in [6, 6.07) is 15.7.